The second kappa shape index (κ2) is 7.82. The van der Waals surface area contributed by atoms with Gasteiger partial charge in [0.2, 0.25) is 5.88 Å². The molecule has 158 valence electrons. The Balaban J connectivity index is 1.62. The quantitative estimate of drug-likeness (QED) is 0.645. The smallest absolute Gasteiger partial charge is 0.205 e. The minimum atomic E-state index is -0.702. The first kappa shape index (κ1) is 19.8. The molecule has 7 heteroatoms. The summed E-state index contributed by atoms with van der Waals surface area (Å²) >= 11 is 0. The highest BCUT2D eigenvalue weighted by Gasteiger charge is 2.42. The summed E-state index contributed by atoms with van der Waals surface area (Å²) < 4.78 is 19.3. The first-order chi connectivity index (χ1) is 15.6. The zero-order chi connectivity index (χ0) is 22.2. The molecule has 0 saturated heterocycles. The molecule has 2 aliphatic rings. The van der Waals surface area contributed by atoms with Crippen molar-refractivity contribution in [2.75, 3.05) is 0 Å². The fraction of sp³-hybridized carbons (Fsp3) is 0.160. The first-order valence-electron chi connectivity index (χ1n) is 10.2. The van der Waals surface area contributed by atoms with Crippen LogP contribution in [0.2, 0.25) is 0 Å². The molecule has 0 radical (unpaired) electrons. The Hall–Kier alpha value is -4.18. The van der Waals surface area contributed by atoms with Crippen LogP contribution in [0.5, 0.6) is 0 Å². The van der Waals surface area contributed by atoms with Crippen molar-refractivity contribution in [3.8, 4) is 17.3 Å². The second-order valence-electron chi connectivity index (χ2n) is 7.91. The molecule has 5 rings (SSSR count). The molecule has 1 aliphatic carbocycles. The standard InChI is InChI=1S/C25H19FN4O2/c26-17-8-6-15(7-9-17)24-19(13-29-30-24)22-18(12-27)25(28)32-21-11-16(10-20(31)23(21)22)14-4-2-1-3-5-14/h1-9,13,16,22H,10-11,28H2,(H,29,30)/t16-,22+/m1/s1. The van der Waals surface area contributed by atoms with Crippen molar-refractivity contribution in [1.29, 1.82) is 5.26 Å². The summed E-state index contributed by atoms with van der Waals surface area (Å²) in [5.41, 5.74) is 9.71. The van der Waals surface area contributed by atoms with E-state index < -0.39 is 5.92 Å². The van der Waals surface area contributed by atoms with Crippen LogP contribution in [0.25, 0.3) is 11.3 Å². The number of Topliss-reactive ketones (excluding diaryl/α,β-unsaturated/α-hetero) is 1. The van der Waals surface area contributed by atoms with E-state index in [1.54, 1.807) is 18.3 Å². The number of benzene rings is 2. The van der Waals surface area contributed by atoms with E-state index >= 15 is 0 Å². The molecular weight excluding hydrogens is 407 g/mol. The molecule has 2 aromatic carbocycles. The number of carbonyl (C=O) groups is 1. The van der Waals surface area contributed by atoms with Gasteiger partial charge in [-0.1, -0.05) is 30.3 Å². The van der Waals surface area contributed by atoms with Gasteiger partial charge < -0.3 is 10.5 Å². The van der Waals surface area contributed by atoms with Gasteiger partial charge >= 0.3 is 0 Å². The monoisotopic (exact) mass is 426 g/mol. The molecule has 1 aromatic heterocycles. The highest BCUT2D eigenvalue weighted by molar-refractivity contribution is 6.00. The van der Waals surface area contributed by atoms with Crippen molar-refractivity contribution in [2.45, 2.75) is 24.7 Å². The van der Waals surface area contributed by atoms with Crippen molar-refractivity contribution in [3.05, 3.63) is 101 Å². The fourth-order valence-corrected chi connectivity index (χ4v) is 4.54. The largest absolute Gasteiger partial charge is 0.444 e. The van der Waals surface area contributed by atoms with Gasteiger partial charge in [0.15, 0.2) is 5.78 Å². The van der Waals surface area contributed by atoms with Gasteiger partial charge in [-0.2, -0.15) is 10.4 Å². The number of H-pyrrole nitrogens is 1. The van der Waals surface area contributed by atoms with Crippen LogP contribution >= 0.6 is 0 Å². The molecule has 3 N–H and O–H groups in total. The van der Waals surface area contributed by atoms with Gasteiger partial charge in [0.25, 0.3) is 0 Å². The molecule has 1 aliphatic heterocycles. The van der Waals surface area contributed by atoms with Gasteiger partial charge in [-0.3, -0.25) is 9.89 Å². The number of rotatable bonds is 3. The van der Waals surface area contributed by atoms with Crippen LogP contribution in [-0.4, -0.2) is 16.0 Å². The lowest BCUT2D eigenvalue weighted by Crippen LogP contribution is -2.30. The number of nitrogens with one attached hydrogen (secondary N) is 1. The SMILES string of the molecule is N#CC1=C(N)OC2=C(C(=O)C[C@@H](c3ccccc3)C2)[C@@H]1c1cn[nH]c1-c1ccc(F)cc1. The fourth-order valence-electron chi connectivity index (χ4n) is 4.54. The molecule has 0 saturated carbocycles. The van der Waals surface area contributed by atoms with E-state index in [9.17, 15) is 14.4 Å². The average Bonchev–Trinajstić information content (AvgIpc) is 3.28. The number of allylic oxidation sites excluding steroid dienone is 3. The molecule has 32 heavy (non-hydrogen) atoms. The number of hydrogen-bond acceptors (Lipinski definition) is 5. The second-order valence-corrected chi connectivity index (χ2v) is 7.91. The number of aromatic nitrogens is 2. The van der Waals surface area contributed by atoms with Crippen LogP contribution in [-0.2, 0) is 9.53 Å². The highest BCUT2D eigenvalue weighted by Crippen LogP contribution is 2.48. The third-order valence-corrected chi connectivity index (χ3v) is 6.04. The Morgan fingerprint density at radius 1 is 1.12 bits per heavy atom. The molecule has 0 fully saturated rings. The minimum Gasteiger partial charge on any atom is -0.444 e. The molecule has 3 aromatic rings. The number of nitriles is 1. The summed E-state index contributed by atoms with van der Waals surface area (Å²) in [6.07, 6.45) is 2.40. The molecule has 6 nitrogen and oxygen atoms in total. The van der Waals surface area contributed by atoms with Gasteiger partial charge in [-0.15, -0.1) is 0 Å². The number of nitrogens with two attached hydrogens (primary N) is 1. The summed E-state index contributed by atoms with van der Waals surface area (Å²) in [6, 6.07) is 17.9. The van der Waals surface area contributed by atoms with Crippen LogP contribution in [0.3, 0.4) is 0 Å². The van der Waals surface area contributed by atoms with E-state index in [1.165, 1.54) is 12.1 Å². The van der Waals surface area contributed by atoms with Crippen molar-refractivity contribution in [2.24, 2.45) is 5.73 Å². The highest BCUT2D eigenvalue weighted by atomic mass is 19.1. The summed E-state index contributed by atoms with van der Waals surface area (Å²) in [5.74, 6) is -0.696. The zero-order valence-electron chi connectivity index (χ0n) is 17.0. The normalized spacial score (nSPS) is 20.6. The van der Waals surface area contributed by atoms with E-state index in [2.05, 4.69) is 16.3 Å². The molecule has 0 unspecified atom stereocenters. The predicted octanol–water partition coefficient (Wildman–Crippen LogP) is 4.42. The summed E-state index contributed by atoms with van der Waals surface area (Å²) in [6.45, 7) is 0. The van der Waals surface area contributed by atoms with E-state index in [-0.39, 0.29) is 29.0 Å². The maximum atomic E-state index is 13.4. The van der Waals surface area contributed by atoms with E-state index in [0.717, 1.165) is 5.56 Å². The molecule has 2 atom stereocenters. The average molecular weight is 426 g/mol. The van der Waals surface area contributed by atoms with Crippen molar-refractivity contribution < 1.29 is 13.9 Å². The Morgan fingerprint density at radius 3 is 2.59 bits per heavy atom. The molecule has 0 spiro atoms. The third-order valence-electron chi connectivity index (χ3n) is 6.04. The minimum absolute atomic E-state index is 0.0102. The Kier molecular flexibility index (Phi) is 4.83. The van der Waals surface area contributed by atoms with Crippen LogP contribution in [0, 0.1) is 17.1 Å². The van der Waals surface area contributed by atoms with Gasteiger partial charge in [0, 0.05) is 29.5 Å². The topological polar surface area (TPSA) is 105 Å². The Labute approximate surface area is 183 Å². The number of ketones is 1. The van der Waals surface area contributed by atoms with Crippen LogP contribution in [0.4, 0.5) is 4.39 Å². The molecule has 0 bridgehead atoms. The van der Waals surface area contributed by atoms with Crippen molar-refractivity contribution in [1.82, 2.24) is 10.2 Å². The Bertz CT molecular complexity index is 1300. The number of aromatic amines is 1. The third kappa shape index (κ3) is 3.26. The van der Waals surface area contributed by atoms with Crippen LogP contribution in [0.1, 0.15) is 35.8 Å². The number of hydrogen-bond donors (Lipinski definition) is 2. The molecular formula is C25H19FN4O2. The van der Waals surface area contributed by atoms with Crippen LogP contribution < -0.4 is 5.73 Å². The lowest BCUT2D eigenvalue weighted by atomic mass is 9.73. The van der Waals surface area contributed by atoms with Crippen molar-refractivity contribution >= 4 is 5.78 Å². The van der Waals surface area contributed by atoms with Gasteiger partial charge in [0.1, 0.15) is 23.2 Å². The summed E-state index contributed by atoms with van der Waals surface area (Å²) in [4.78, 5) is 13.4. The maximum absolute atomic E-state index is 13.4. The zero-order valence-corrected chi connectivity index (χ0v) is 17.0. The lowest BCUT2D eigenvalue weighted by molar-refractivity contribution is -0.117. The van der Waals surface area contributed by atoms with E-state index in [1.807, 2.05) is 30.3 Å². The van der Waals surface area contributed by atoms with E-state index in [4.69, 9.17) is 10.5 Å². The number of ether oxygens (including phenoxy) is 1. The molecule has 0 amide bonds. The number of carbonyl (C=O) groups excluding carboxylic acids is 1. The van der Waals surface area contributed by atoms with Gasteiger partial charge in [-0.25, -0.2) is 4.39 Å². The van der Waals surface area contributed by atoms with Gasteiger partial charge in [-0.05, 0) is 35.7 Å². The van der Waals surface area contributed by atoms with Gasteiger partial charge in [0.05, 0.1) is 17.8 Å². The molecule has 2 heterocycles. The predicted molar refractivity (Wildman–Crippen MR) is 115 cm³/mol. The maximum Gasteiger partial charge on any atom is 0.205 e. The summed E-state index contributed by atoms with van der Waals surface area (Å²) in [5, 5.41) is 16.9. The van der Waals surface area contributed by atoms with Crippen molar-refractivity contribution in [3.63, 3.8) is 0 Å². The summed E-state index contributed by atoms with van der Waals surface area (Å²) in [7, 11) is 0. The first-order valence-corrected chi connectivity index (χ1v) is 10.2. The Morgan fingerprint density at radius 2 is 1.88 bits per heavy atom. The number of nitrogens with zero attached hydrogens (tertiary/aromatic N) is 2. The number of halogens is 1. The van der Waals surface area contributed by atoms with E-state index in [0.29, 0.717) is 41.0 Å². The van der Waals surface area contributed by atoms with Crippen LogP contribution in [0.15, 0.2) is 83.6 Å². The lowest BCUT2D eigenvalue weighted by Gasteiger charge is -2.34.